The number of hydrogen-bond acceptors (Lipinski definition) is 4. The van der Waals surface area contributed by atoms with Gasteiger partial charge in [0.15, 0.2) is 0 Å². The molecule has 1 unspecified atom stereocenters. The van der Waals surface area contributed by atoms with Crippen molar-refractivity contribution in [2.24, 2.45) is 0 Å². The second-order valence-electron chi connectivity index (χ2n) is 8.64. The first-order valence-electron chi connectivity index (χ1n) is 10.8. The Balaban J connectivity index is 1.41. The molecule has 1 N–H and O–H groups in total. The monoisotopic (exact) mass is 396 g/mol. The molecule has 1 atom stereocenters. The molecule has 2 aromatic rings. The normalized spacial score (nSPS) is 20.7. The molecule has 1 aliphatic carbocycles. The van der Waals surface area contributed by atoms with Gasteiger partial charge in [0.25, 0.3) is 5.91 Å². The number of likely N-dealkylation sites (tertiary alicyclic amines) is 1. The highest BCUT2D eigenvalue weighted by Gasteiger charge is 2.27. The van der Waals surface area contributed by atoms with Gasteiger partial charge < -0.3 is 9.64 Å². The quantitative estimate of drug-likeness (QED) is 0.806. The van der Waals surface area contributed by atoms with Gasteiger partial charge in [-0.05, 0) is 62.8 Å². The van der Waals surface area contributed by atoms with Crippen molar-refractivity contribution >= 4 is 5.91 Å². The molecule has 1 amide bonds. The Morgan fingerprint density at radius 1 is 1.24 bits per heavy atom. The van der Waals surface area contributed by atoms with Crippen LogP contribution < -0.4 is 4.74 Å². The van der Waals surface area contributed by atoms with Gasteiger partial charge in [0.2, 0.25) is 0 Å². The molecule has 2 aliphatic rings. The summed E-state index contributed by atoms with van der Waals surface area (Å²) in [7, 11) is 3.57. The smallest absolute Gasteiger partial charge is 0.256 e. The number of carbonyl (C=O) groups is 1. The summed E-state index contributed by atoms with van der Waals surface area (Å²) in [5.41, 5.74) is 2.97. The number of H-pyrrole nitrogens is 1. The second kappa shape index (κ2) is 8.99. The van der Waals surface area contributed by atoms with E-state index in [0.29, 0.717) is 17.6 Å². The molecule has 29 heavy (non-hydrogen) atoms. The van der Waals surface area contributed by atoms with Crippen LogP contribution in [-0.2, 0) is 6.54 Å². The van der Waals surface area contributed by atoms with E-state index in [1.165, 1.54) is 31.2 Å². The van der Waals surface area contributed by atoms with Gasteiger partial charge in [0.05, 0.1) is 23.6 Å². The largest absolute Gasteiger partial charge is 0.490 e. The summed E-state index contributed by atoms with van der Waals surface area (Å²) in [6.45, 7) is 2.92. The molecule has 6 heteroatoms. The molecule has 0 radical (unpaired) electrons. The van der Waals surface area contributed by atoms with Crippen molar-refractivity contribution in [2.75, 3.05) is 27.2 Å². The summed E-state index contributed by atoms with van der Waals surface area (Å²) in [6.07, 6.45) is 9.18. The van der Waals surface area contributed by atoms with E-state index >= 15 is 0 Å². The van der Waals surface area contributed by atoms with Crippen LogP contribution in [0.3, 0.4) is 0 Å². The van der Waals surface area contributed by atoms with Crippen molar-refractivity contribution in [3.63, 3.8) is 0 Å². The Kier molecular flexibility index (Phi) is 6.19. The third kappa shape index (κ3) is 4.81. The maximum atomic E-state index is 12.5. The lowest BCUT2D eigenvalue weighted by Crippen LogP contribution is -2.35. The lowest BCUT2D eigenvalue weighted by molar-refractivity contribution is 0.0825. The summed E-state index contributed by atoms with van der Waals surface area (Å²) in [5, 5.41) is 7.26. The minimum absolute atomic E-state index is 0.0163. The van der Waals surface area contributed by atoms with Crippen molar-refractivity contribution in [3.05, 3.63) is 47.3 Å². The fourth-order valence-electron chi connectivity index (χ4n) is 4.63. The van der Waals surface area contributed by atoms with Crippen LogP contribution in [0.15, 0.2) is 30.5 Å². The second-order valence-corrected chi connectivity index (χ2v) is 8.64. The Morgan fingerprint density at radius 2 is 2.07 bits per heavy atom. The first kappa shape index (κ1) is 20.0. The SMILES string of the molecule is CN(C)C(=O)c1cn[nH]c1C1CCCN(Cc2cccc(OC3CCCC3)c2)C1. The number of aromatic nitrogens is 2. The van der Waals surface area contributed by atoms with Crippen LogP contribution in [0.1, 0.15) is 66.1 Å². The summed E-state index contributed by atoms with van der Waals surface area (Å²) in [4.78, 5) is 16.6. The highest BCUT2D eigenvalue weighted by Crippen LogP contribution is 2.30. The fourth-order valence-corrected chi connectivity index (χ4v) is 4.63. The van der Waals surface area contributed by atoms with E-state index in [2.05, 4.69) is 39.4 Å². The highest BCUT2D eigenvalue weighted by molar-refractivity contribution is 5.94. The van der Waals surface area contributed by atoms with E-state index in [-0.39, 0.29) is 5.91 Å². The Morgan fingerprint density at radius 3 is 2.86 bits per heavy atom. The molecule has 2 fully saturated rings. The average Bonchev–Trinajstić information content (AvgIpc) is 3.40. The molecule has 0 spiro atoms. The average molecular weight is 397 g/mol. The van der Waals surface area contributed by atoms with Gasteiger partial charge in [0, 0.05) is 33.1 Å². The van der Waals surface area contributed by atoms with Crippen LogP contribution in [0.25, 0.3) is 0 Å². The van der Waals surface area contributed by atoms with E-state index in [1.807, 2.05) is 0 Å². The number of rotatable bonds is 6. The van der Waals surface area contributed by atoms with Gasteiger partial charge in [-0.25, -0.2) is 0 Å². The number of piperidine rings is 1. The predicted molar refractivity (Wildman–Crippen MR) is 113 cm³/mol. The number of ether oxygens (including phenoxy) is 1. The first-order valence-corrected chi connectivity index (χ1v) is 10.8. The van der Waals surface area contributed by atoms with Crippen molar-refractivity contribution in [1.29, 1.82) is 0 Å². The molecule has 1 aromatic carbocycles. The summed E-state index contributed by atoms with van der Waals surface area (Å²) >= 11 is 0. The molecule has 2 heterocycles. The van der Waals surface area contributed by atoms with Crippen molar-refractivity contribution in [1.82, 2.24) is 20.0 Å². The fraction of sp³-hybridized carbons (Fsp3) is 0.565. The van der Waals surface area contributed by atoms with Crippen molar-refractivity contribution < 1.29 is 9.53 Å². The number of carbonyl (C=O) groups excluding carboxylic acids is 1. The predicted octanol–water partition coefficient (Wildman–Crippen LogP) is 3.81. The topological polar surface area (TPSA) is 61.5 Å². The maximum absolute atomic E-state index is 12.5. The highest BCUT2D eigenvalue weighted by atomic mass is 16.5. The van der Waals surface area contributed by atoms with E-state index in [9.17, 15) is 4.79 Å². The number of nitrogens with one attached hydrogen (secondary N) is 1. The summed E-state index contributed by atoms with van der Waals surface area (Å²) < 4.78 is 6.18. The van der Waals surface area contributed by atoms with Gasteiger partial charge in [-0.3, -0.25) is 14.8 Å². The number of amides is 1. The van der Waals surface area contributed by atoms with Crippen LogP contribution in [0.2, 0.25) is 0 Å². The Labute approximate surface area is 173 Å². The summed E-state index contributed by atoms with van der Waals surface area (Å²) in [6, 6.07) is 8.55. The minimum Gasteiger partial charge on any atom is -0.490 e. The van der Waals surface area contributed by atoms with Gasteiger partial charge in [-0.1, -0.05) is 12.1 Å². The van der Waals surface area contributed by atoms with Crippen LogP contribution in [0.5, 0.6) is 5.75 Å². The van der Waals surface area contributed by atoms with Gasteiger partial charge in [-0.2, -0.15) is 5.10 Å². The zero-order valence-electron chi connectivity index (χ0n) is 17.6. The zero-order valence-corrected chi connectivity index (χ0v) is 17.6. The first-order chi connectivity index (χ1) is 14.1. The number of nitrogens with zero attached hydrogens (tertiary/aromatic N) is 3. The molecular formula is C23H32N4O2. The van der Waals surface area contributed by atoms with E-state index in [4.69, 9.17) is 4.74 Å². The molecule has 6 nitrogen and oxygen atoms in total. The zero-order chi connectivity index (χ0) is 20.2. The minimum atomic E-state index is 0.0163. The number of aromatic amines is 1. The van der Waals surface area contributed by atoms with E-state index < -0.39 is 0 Å². The van der Waals surface area contributed by atoms with Gasteiger partial charge in [0.1, 0.15) is 5.75 Å². The van der Waals surface area contributed by atoms with E-state index in [1.54, 1.807) is 25.2 Å². The standard InChI is InChI=1S/C23H32N4O2/c1-26(2)23(28)21-14-24-25-22(21)18-8-6-12-27(16-18)15-17-7-5-11-20(13-17)29-19-9-3-4-10-19/h5,7,11,13-14,18-19H,3-4,6,8-10,12,15-16H2,1-2H3,(H,24,25). The van der Waals surface area contributed by atoms with Crippen LogP contribution in [-0.4, -0.2) is 59.2 Å². The maximum Gasteiger partial charge on any atom is 0.256 e. The molecule has 1 aromatic heterocycles. The van der Waals surface area contributed by atoms with E-state index in [0.717, 1.165) is 43.9 Å². The number of hydrogen-bond donors (Lipinski definition) is 1. The Hall–Kier alpha value is -2.34. The molecule has 4 rings (SSSR count). The van der Waals surface area contributed by atoms with Gasteiger partial charge >= 0.3 is 0 Å². The van der Waals surface area contributed by atoms with Crippen LogP contribution >= 0.6 is 0 Å². The van der Waals surface area contributed by atoms with Gasteiger partial charge in [-0.15, -0.1) is 0 Å². The molecule has 0 bridgehead atoms. The van der Waals surface area contributed by atoms with Crippen LogP contribution in [0, 0.1) is 0 Å². The summed E-state index contributed by atoms with van der Waals surface area (Å²) in [5.74, 6) is 1.32. The molecule has 1 saturated carbocycles. The Bertz CT molecular complexity index is 826. The molecular weight excluding hydrogens is 364 g/mol. The lowest BCUT2D eigenvalue weighted by atomic mass is 9.92. The third-order valence-electron chi connectivity index (χ3n) is 6.13. The molecule has 156 valence electrons. The van der Waals surface area contributed by atoms with Crippen molar-refractivity contribution in [2.45, 2.75) is 57.1 Å². The molecule has 1 aliphatic heterocycles. The van der Waals surface area contributed by atoms with Crippen molar-refractivity contribution in [3.8, 4) is 5.75 Å². The number of benzene rings is 1. The van der Waals surface area contributed by atoms with Crippen LogP contribution in [0.4, 0.5) is 0 Å². The molecule has 1 saturated heterocycles. The lowest BCUT2D eigenvalue weighted by Gasteiger charge is -2.32. The third-order valence-corrected chi connectivity index (χ3v) is 6.13.